The molecule has 20 heteroatoms. The summed E-state index contributed by atoms with van der Waals surface area (Å²) in [6.07, 6.45) is 4.71. The third-order valence-electron chi connectivity index (χ3n) is 11.9. The molecule has 3 fully saturated rings. The summed E-state index contributed by atoms with van der Waals surface area (Å²) in [5, 5.41) is 12.1. The predicted octanol–water partition coefficient (Wildman–Crippen LogP) is 6.74. The molecular weight excluding hydrogens is 910 g/mol. The number of methoxy groups -OCH3 is 1. The maximum Gasteiger partial charge on any atom is 0.258 e. The van der Waals surface area contributed by atoms with E-state index in [9.17, 15) is 28.0 Å². The molecule has 2 aromatic heterocycles. The Hall–Kier alpha value is -4.95. The molecule has 3 amide bonds. The second-order valence-corrected chi connectivity index (χ2v) is 20.0. The van der Waals surface area contributed by atoms with E-state index in [1.54, 1.807) is 48.6 Å². The van der Waals surface area contributed by atoms with Crippen LogP contribution in [0.5, 0.6) is 5.75 Å². The van der Waals surface area contributed by atoms with Crippen LogP contribution in [0.15, 0.2) is 48.1 Å². The molecule has 4 heterocycles. The molecule has 4 N–H and O–H groups in total. The molecule has 3 aliphatic rings. The third kappa shape index (κ3) is 12.5. The number of alkyl halides is 1. The van der Waals surface area contributed by atoms with Gasteiger partial charge in [0.05, 0.1) is 41.1 Å². The van der Waals surface area contributed by atoms with Crippen molar-refractivity contribution in [2.45, 2.75) is 81.9 Å². The van der Waals surface area contributed by atoms with Crippen molar-refractivity contribution in [2.24, 2.45) is 0 Å². The number of hydrogen-bond donors (Lipinski definition) is 4. The number of benzene rings is 2. The number of nitrogens with zero attached hydrogens (tertiary/aromatic N) is 6. The molecule has 2 unspecified atom stereocenters. The van der Waals surface area contributed by atoms with Crippen LogP contribution in [0, 0.1) is 12.7 Å². The van der Waals surface area contributed by atoms with Crippen LogP contribution in [0.2, 0.25) is 5.02 Å². The first-order valence-electron chi connectivity index (χ1n) is 22.0. The number of thioether (sulfide) groups is 1. The van der Waals surface area contributed by atoms with Crippen LogP contribution in [0.25, 0.3) is 10.4 Å². The number of rotatable bonds is 18. The van der Waals surface area contributed by atoms with Gasteiger partial charge in [-0.3, -0.25) is 19.3 Å². The van der Waals surface area contributed by atoms with Crippen molar-refractivity contribution in [3.63, 3.8) is 0 Å². The number of piperazine rings is 1. The van der Waals surface area contributed by atoms with Crippen molar-refractivity contribution in [2.75, 3.05) is 76.9 Å². The maximum atomic E-state index is 14.6. The Bertz CT molecular complexity index is 2350. The highest BCUT2D eigenvalue weighted by atomic mass is 35.5. The first kappa shape index (κ1) is 50.5. The highest BCUT2D eigenvalue weighted by Crippen LogP contribution is 2.41. The molecule has 1 saturated carbocycles. The summed E-state index contributed by atoms with van der Waals surface area (Å²) in [5.74, 6) is 0.646. The Morgan fingerprint density at radius 2 is 1.85 bits per heavy atom. The largest absolute Gasteiger partial charge is 0.495 e. The van der Waals surface area contributed by atoms with Crippen LogP contribution < -0.4 is 26.0 Å². The van der Waals surface area contributed by atoms with Crippen LogP contribution in [-0.2, 0) is 20.9 Å². The Balaban J connectivity index is 0.000000377. The minimum Gasteiger partial charge on any atom is -0.495 e. The molecule has 15 nitrogen and oxygen atoms in total. The van der Waals surface area contributed by atoms with Gasteiger partial charge in [-0.05, 0) is 102 Å². The lowest BCUT2D eigenvalue weighted by atomic mass is 10.0. The quantitative estimate of drug-likeness (QED) is 0.0611. The molecule has 66 heavy (non-hydrogen) atoms. The standard InChI is InChI=1S/C34H46ClFN8O5S.C12H13FN2S/c1-33(2,27(40-31(48)34(36)10-11-34)30(47)44-13-5-7-23(44)21-45)50-18-6-12-42-14-16-43(17-15-42)29(46)22-8-9-25(26(19-22)49-4)39-32-38-20-24(35)28(37-3)41-32;1-8-12(16-7-15-8)10-4-3-9(6-14-2)5-11(10)13/h8-9,19-21,23,27H,5-7,10-18H2,1-4H3,(H,40,48)(H2,37,38,39,41);3-5,7,14H,6H2,1-2H3. The second-order valence-electron chi connectivity index (χ2n) is 17.0. The van der Waals surface area contributed by atoms with Crippen molar-refractivity contribution >= 4 is 76.2 Å². The maximum absolute atomic E-state index is 14.6. The topological polar surface area (TPSA) is 174 Å². The summed E-state index contributed by atoms with van der Waals surface area (Å²) in [5.41, 5.74) is 3.42. The number of likely N-dealkylation sites (tertiary alicyclic amines) is 1. The average molecular weight is 970 g/mol. The molecule has 4 aromatic rings. The van der Waals surface area contributed by atoms with Gasteiger partial charge in [0.25, 0.3) is 11.8 Å². The van der Waals surface area contributed by atoms with Crippen molar-refractivity contribution in [3.05, 3.63) is 75.8 Å². The number of hydrogen-bond acceptors (Lipinski definition) is 14. The summed E-state index contributed by atoms with van der Waals surface area (Å²) in [7, 11) is 5.09. The minimum absolute atomic E-state index is 0.0825. The molecule has 2 atom stereocenters. The fraction of sp³-hybridized carbons (Fsp3) is 0.500. The van der Waals surface area contributed by atoms with E-state index < -0.39 is 28.4 Å². The van der Waals surface area contributed by atoms with Gasteiger partial charge in [-0.1, -0.05) is 23.7 Å². The van der Waals surface area contributed by atoms with E-state index in [1.807, 2.05) is 44.9 Å². The predicted molar refractivity (Wildman–Crippen MR) is 257 cm³/mol. The van der Waals surface area contributed by atoms with E-state index in [0.717, 1.165) is 48.5 Å². The van der Waals surface area contributed by atoms with Gasteiger partial charge in [0, 0.05) is 62.2 Å². The van der Waals surface area contributed by atoms with Crippen LogP contribution in [0.4, 0.5) is 26.2 Å². The van der Waals surface area contributed by atoms with Crippen LogP contribution in [0.1, 0.15) is 67.6 Å². The Morgan fingerprint density at radius 1 is 1.09 bits per heavy atom. The fourth-order valence-corrected chi connectivity index (χ4v) is 9.98. The zero-order valence-corrected chi connectivity index (χ0v) is 40.6. The van der Waals surface area contributed by atoms with Crippen molar-refractivity contribution in [1.82, 2.24) is 40.3 Å². The van der Waals surface area contributed by atoms with Gasteiger partial charge in [0.15, 0.2) is 5.67 Å². The van der Waals surface area contributed by atoms with Crippen molar-refractivity contribution < 1.29 is 32.7 Å². The van der Waals surface area contributed by atoms with Gasteiger partial charge in [0.2, 0.25) is 11.9 Å². The number of thiazole rings is 1. The summed E-state index contributed by atoms with van der Waals surface area (Å²) in [4.78, 5) is 70.6. The summed E-state index contributed by atoms with van der Waals surface area (Å²) in [6, 6.07) is 9.07. The van der Waals surface area contributed by atoms with Gasteiger partial charge in [-0.25, -0.2) is 18.7 Å². The number of ether oxygens (including phenoxy) is 1. The lowest BCUT2D eigenvalue weighted by molar-refractivity contribution is -0.140. The van der Waals surface area contributed by atoms with Gasteiger partial charge >= 0.3 is 0 Å². The molecule has 2 saturated heterocycles. The second kappa shape index (κ2) is 22.7. The molecule has 0 radical (unpaired) electrons. The first-order valence-corrected chi connectivity index (χ1v) is 24.3. The number of anilines is 3. The Kier molecular flexibility index (Phi) is 17.4. The number of nitrogens with one attached hydrogen (secondary N) is 4. The SMILES string of the molecule is CNCc1ccc(-c2scnc2C)c(F)c1.CNc1nc(Nc2ccc(C(=O)N3CCN(CCCSC(C)(C)C(NC(=O)C4(F)CC4)C(=O)N4CCCC4C=O)CC3)cc2OC)ncc1Cl. The molecule has 0 spiro atoms. The van der Waals surface area contributed by atoms with Gasteiger partial charge < -0.3 is 40.6 Å². The Morgan fingerprint density at radius 3 is 2.48 bits per heavy atom. The highest BCUT2D eigenvalue weighted by molar-refractivity contribution is 8.00. The summed E-state index contributed by atoms with van der Waals surface area (Å²) < 4.78 is 33.3. The molecule has 2 aromatic carbocycles. The zero-order valence-electron chi connectivity index (χ0n) is 38.2. The van der Waals surface area contributed by atoms with E-state index in [4.69, 9.17) is 16.3 Å². The number of amides is 3. The number of aromatic nitrogens is 3. The number of aryl methyl sites for hydroxylation is 1. The molecule has 7 rings (SSSR count). The molecule has 2 aliphatic heterocycles. The van der Waals surface area contributed by atoms with Gasteiger partial charge in [0.1, 0.15) is 34.7 Å². The molecule has 0 bridgehead atoms. The van der Waals surface area contributed by atoms with Gasteiger partial charge in [-0.15, -0.1) is 11.3 Å². The van der Waals surface area contributed by atoms with E-state index in [0.29, 0.717) is 84.1 Å². The van der Waals surface area contributed by atoms with E-state index in [1.165, 1.54) is 29.5 Å². The molecular formula is C46H59ClF2N10O5S2. The molecule has 356 valence electrons. The first-order chi connectivity index (χ1) is 31.6. The van der Waals surface area contributed by atoms with Crippen LogP contribution in [-0.4, -0.2) is 142 Å². The smallest absolute Gasteiger partial charge is 0.258 e. The normalized spacial score (nSPS) is 17.3. The van der Waals surface area contributed by atoms with Crippen molar-refractivity contribution in [3.8, 4) is 16.2 Å². The number of halogens is 3. The average Bonchev–Trinajstić information content (AvgIpc) is 3.65. The third-order valence-corrected chi connectivity index (χ3v) is 14.6. The lowest BCUT2D eigenvalue weighted by Crippen LogP contribution is -2.59. The summed E-state index contributed by atoms with van der Waals surface area (Å²) >= 11 is 9.12. The van der Waals surface area contributed by atoms with Crippen LogP contribution in [0.3, 0.4) is 0 Å². The number of carbonyl (C=O) groups is 4. The van der Waals surface area contributed by atoms with Crippen molar-refractivity contribution in [1.29, 1.82) is 0 Å². The number of aldehydes is 1. The fourth-order valence-electron chi connectivity index (χ4n) is 7.84. The lowest BCUT2D eigenvalue weighted by Gasteiger charge is -2.37. The van der Waals surface area contributed by atoms with E-state index >= 15 is 0 Å². The van der Waals surface area contributed by atoms with E-state index in [2.05, 4.69) is 41.1 Å². The number of carbonyl (C=O) groups excluding carboxylic acids is 4. The Labute approximate surface area is 398 Å². The minimum atomic E-state index is -1.91. The molecule has 1 aliphatic carbocycles. The monoisotopic (exact) mass is 968 g/mol. The van der Waals surface area contributed by atoms with Crippen LogP contribution >= 0.6 is 34.7 Å². The summed E-state index contributed by atoms with van der Waals surface area (Å²) in [6.45, 7) is 10.2. The highest BCUT2D eigenvalue weighted by Gasteiger charge is 2.53. The zero-order chi connectivity index (χ0) is 47.6. The van der Waals surface area contributed by atoms with Gasteiger partial charge in [-0.2, -0.15) is 16.7 Å². The van der Waals surface area contributed by atoms with E-state index in [-0.39, 0.29) is 30.5 Å².